The molecule has 1 heterocycles. The van der Waals surface area contributed by atoms with Gasteiger partial charge in [-0.1, -0.05) is 0 Å². The number of nitrogen functional groups attached to an aromatic ring is 1. The zero-order valence-electron chi connectivity index (χ0n) is 18.4. The molecule has 0 aliphatic rings. The molecule has 0 aliphatic heterocycles. The van der Waals surface area contributed by atoms with Gasteiger partial charge in [-0.15, -0.1) is 12.6 Å². The largest absolute Gasteiger partial charge is 0.464 e. The molecule has 2 rings (SSSR count). The summed E-state index contributed by atoms with van der Waals surface area (Å²) in [6.45, 7) is 1.15. The summed E-state index contributed by atoms with van der Waals surface area (Å²) in [4.78, 5) is 4.97. The number of anilines is 1. The fourth-order valence-corrected chi connectivity index (χ4v) is 5.87. The maximum atomic E-state index is 12.8. The lowest BCUT2D eigenvalue weighted by atomic mass is 10.3. The van der Waals surface area contributed by atoms with E-state index in [-0.39, 0.29) is 16.5 Å². The van der Waals surface area contributed by atoms with Crippen LogP contribution in [0.25, 0.3) is 0 Å². The van der Waals surface area contributed by atoms with Crippen molar-refractivity contribution in [3.63, 3.8) is 0 Å². The van der Waals surface area contributed by atoms with Crippen LogP contribution in [0.2, 0.25) is 0 Å². The topological polar surface area (TPSA) is 173 Å². The van der Waals surface area contributed by atoms with E-state index < -0.39 is 29.8 Å². The molecule has 0 saturated heterocycles. The molecule has 11 nitrogen and oxygen atoms in total. The summed E-state index contributed by atoms with van der Waals surface area (Å²) in [7, 11) is -3.10. The Kier molecular flexibility index (Phi) is 9.51. The van der Waals surface area contributed by atoms with Gasteiger partial charge in [0.05, 0.1) is 18.0 Å². The predicted molar refractivity (Wildman–Crippen MR) is 133 cm³/mol. The van der Waals surface area contributed by atoms with Gasteiger partial charge in [-0.2, -0.15) is 11.8 Å². The predicted octanol–water partition coefficient (Wildman–Crippen LogP) is 0.647. The van der Waals surface area contributed by atoms with E-state index in [1.807, 2.05) is 31.1 Å². The van der Waals surface area contributed by atoms with E-state index in [0.29, 0.717) is 18.1 Å². The molecule has 0 fully saturated rings. The smallest absolute Gasteiger partial charge is 0.265 e. The molecular formula is C18H28N6O5S4. The van der Waals surface area contributed by atoms with Crippen LogP contribution in [0.15, 0.2) is 48.4 Å². The van der Waals surface area contributed by atoms with Gasteiger partial charge < -0.3 is 20.4 Å². The van der Waals surface area contributed by atoms with E-state index in [2.05, 4.69) is 27.7 Å². The highest BCUT2D eigenvalue weighted by Crippen LogP contribution is 2.28. The van der Waals surface area contributed by atoms with Crippen molar-refractivity contribution < 1.29 is 21.3 Å². The highest BCUT2D eigenvalue weighted by atomic mass is 32.2. The highest BCUT2D eigenvalue weighted by molar-refractivity contribution is 7.98. The standard InChI is InChI=1S/C18H28N6O5S4/c1-21-18(22-6-7-31-11-13-5-4-12(29-13)10-24(2)3)23-33(27,28)17-9-16(32(20,25)26)14(19)8-15(17)30/h4-5,8-9,30H,6-7,10-11,19H2,1-3H3,(H2,20,25,26)(H2,21,22,23). The van der Waals surface area contributed by atoms with Crippen molar-refractivity contribution in [2.45, 2.75) is 27.0 Å². The normalized spacial score (nSPS) is 12.8. The summed E-state index contributed by atoms with van der Waals surface area (Å²) < 4.78 is 57.0. The van der Waals surface area contributed by atoms with Crippen molar-refractivity contribution in [3.05, 3.63) is 35.8 Å². The number of primary sulfonamides is 1. The van der Waals surface area contributed by atoms with Crippen LogP contribution in [0, 0.1) is 0 Å². The zero-order chi connectivity index (χ0) is 24.8. The van der Waals surface area contributed by atoms with Crippen LogP contribution < -0.4 is 20.9 Å². The number of rotatable bonds is 10. The van der Waals surface area contributed by atoms with Crippen LogP contribution in [0.5, 0.6) is 0 Å². The monoisotopic (exact) mass is 536 g/mol. The number of sulfonamides is 2. The summed E-state index contributed by atoms with van der Waals surface area (Å²) in [6.07, 6.45) is 0. The average Bonchev–Trinajstić information content (AvgIpc) is 3.11. The third kappa shape index (κ3) is 8.12. The van der Waals surface area contributed by atoms with Crippen LogP contribution in [-0.2, 0) is 32.3 Å². The minimum absolute atomic E-state index is 0.0106. The van der Waals surface area contributed by atoms with E-state index in [0.717, 1.165) is 30.2 Å². The summed E-state index contributed by atoms with van der Waals surface area (Å²) in [5, 5.41) is 8.01. The first-order valence-corrected chi connectivity index (χ1v) is 14.2. The Morgan fingerprint density at radius 3 is 2.45 bits per heavy atom. The Morgan fingerprint density at radius 1 is 1.18 bits per heavy atom. The lowest BCUT2D eigenvalue weighted by Crippen LogP contribution is -2.41. The van der Waals surface area contributed by atoms with Crippen molar-refractivity contribution >= 4 is 56.1 Å². The van der Waals surface area contributed by atoms with Gasteiger partial charge in [0.15, 0.2) is 0 Å². The lowest BCUT2D eigenvalue weighted by molar-refractivity contribution is 0.344. The Morgan fingerprint density at radius 2 is 1.85 bits per heavy atom. The summed E-state index contributed by atoms with van der Waals surface area (Å²) in [5.74, 6) is 3.06. The molecule has 184 valence electrons. The fourth-order valence-electron chi connectivity index (χ4n) is 2.68. The van der Waals surface area contributed by atoms with Crippen LogP contribution in [0.1, 0.15) is 11.5 Å². The average molecular weight is 537 g/mol. The Balaban J connectivity index is 1.94. The SMILES string of the molecule is CN=C(NCCSCc1ccc(CN(C)C)o1)NS(=O)(=O)c1cc(S(N)(=O)=O)c(N)cc1S. The number of thioether (sulfide) groups is 1. The molecule has 2 aromatic rings. The number of thiol groups is 1. The third-order valence-corrected chi connectivity index (χ3v) is 7.96. The number of nitrogens with one attached hydrogen (secondary N) is 2. The van der Waals surface area contributed by atoms with Crippen LogP contribution in [0.3, 0.4) is 0 Å². The number of benzene rings is 1. The van der Waals surface area contributed by atoms with Gasteiger partial charge in [0.2, 0.25) is 16.0 Å². The number of hydrogen-bond acceptors (Lipinski definition) is 10. The van der Waals surface area contributed by atoms with E-state index in [9.17, 15) is 16.8 Å². The minimum atomic E-state index is -4.22. The van der Waals surface area contributed by atoms with Gasteiger partial charge in [-0.25, -0.2) is 26.7 Å². The quantitative estimate of drug-likeness (QED) is 0.0960. The van der Waals surface area contributed by atoms with Gasteiger partial charge in [0.1, 0.15) is 21.3 Å². The van der Waals surface area contributed by atoms with E-state index >= 15 is 0 Å². The fraction of sp³-hybridized carbons (Fsp3) is 0.389. The molecule has 33 heavy (non-hydrogen) atoms. The summed E-state index contributed by atoms with van der Waals surface area (Å²) in [6, 6.07) is 5.86. The first kappa shape index (κ1) is 27.3. The Hall–Kier alpha value is -1.91. The lowest BCUT2D eigenvalue weighted by Gasteiger charge is -2.15. The molecule has 0 spiro atoms. The van der Waals surface area contributed by atoms with Gasteiger partial charge >= 0.3 is 0 Å². The van der Waals surface area contributed by atoms with E-state index in [4.69, 9.17) is 15.3 Å². The second kappa shape index (κ2) is 11.5. The second-order valence-corrected chi connectivity index (χ2v) is 11.9. The van der Waals surface area contributed by atoms with E-state index in [1.54, 1.807) is 11.8 Å². The third-order valence-electron chi connectivity index (χ3n) is 4.11. The van der Waals surface area contributed by atoms with Gasteiger partial charge in [0.25, 0.3) is 10.0 Å². The highest BCUT2D eigenvalue weighted by Gasteiger charge is 2.24. The summed E-state index contributed by atoms with van der Waals surface area (Å²) in [5.41, 5.74) is 5.43. The van der Waals surface area contributed by atoms with Crippen molar-refractivity contribution in [2.75, 3.05) is 39.2 Å². The first-order valence-electron chi connectivity index (χ1n) is 9.52. The van der Waals surface area contributed by atoms with Crippen molar-refractivity contribution in [1.82, 2.24) is 14.9 Å². The van der Waals surface area contributed by atoms with Crippen LogP contribution in [0.4, 0.5) is 5.69 Å². The number of hydrogen-bond donors (Lipinski definition) is 5. The molecule has 1 aromatic carbocycles. The van der Waals surface area contributed by atoms with E-state index in [1.165, 1.54) is 7.05 Å². The molecule has 0 amide bonds. The first-order chi connectivity index (χ1) is 15.3. The summed E-state index contributed by atoms with van der Waals surface area (Å²) >= 11 is 5.70. The molecular weight excluding hydrogens is 509 g/mol. The Labute approximate surface area is 203 Å². The number of aliphatic imine (C=N–C) groups is 1. The molecule has 6 N–H and O–H groups in total. The maximum Gasteiger partial charge on any atom is 0.265 e. The number of guanidine groups is 1. The molecule has 0 unspecified atom stereocenters. The molecule has 1 aromatic heterocycles. The zero-order valence-corrected chi connectivity index (χ0v) is 21.7. The minimum Gasteiger partial charge on any atom is -0.464 e. The number of furan rings is 1. The van der Waals surface area contributed by atoms with Crippen LogP contribution in [-0.4, -0.2) is 61.1 Å². The van der Waals surface area contributed by atoms with Gasteiger partial charge in [-0.05, 0) is 38.4 Å². The van der Waals surface area contributed by atoms with Crippen molar-refractivity contribution in [3.8, 4) is 0 Å². The Bertz CT molecular complexity index is 1210. The molecule has 0 atom stereocenters. The van der Waals surface area contributed by atoms with Crippen molar-refractivity contribution in [2.24, 2.45) is 10.1 Å². The van der Waals surface area contributed by atoms with Gasteiger partial charge in [0, 0.05) is 24.2 Å². The maximum absolute atomic E-state index is 12.8. The van der Waals surface area contributed by atoms with Crippen molar-refractivity contribution in [1.29, 1.82) is 0 Å². The van der Waals surface area contributed by atoms with Crippen LogP contribution >= 0.6 is 24.4 Å². The molecule has 0 bridgehead atoms. The number of nitrogens with zero attached hydrogens (tertiary/aromatic N) is 2. The van der Waals surface area contributed by atoms with Gasteiger partial charge in [-0.3, -0.25) is 4.99 Å². The molecule has 15 heteroatoms. The molecule has 0 saturated carbocycles. The second-order valence-electron chi connectivity index (χ2n) is 7.17. The number of nitrogens with two attached hydrogens (primary N) is 2. The molecule has 0 aliphatic carbocycles. The molecule has 0 radical (unpaired) electrons.